The predicted octanol–water partition coefficient (Wildman–Crippen LogP) is 4.25. The number of carbonyl (C=O) groups excluding carboxylic acids is 1. The zero-order valence-electron chi connectivity index (χ0n) is 18.0. The molecule has 0 atom stereocenters. The Labute approximate surface area is 201 Å². The number of anilines is 1. The zero-order valence-corrected chi connectivity index (χ0v) is 20.4. The van der Waals surface area contributed by atoms with E-state index in [0.717, 1.165) is 36.4 Å². The SMILES string of the molecule is CS(=O)(=O)c1ccc(N2CCN(C3CCC(CN)(c4cccc(Cl)c4)CC3)C2=O)cc1.Cl. The fraction of sp³-hybridized carbons (Fsp3) is 0.435. The lowest BCUT2D eigenvalue weighted by molar-refractivity contribution is 0.156. The maximum absolute atomic E-state index is 13.1. The molecule has 1 aliphatic carbocycles. The van der Waals surface area contributed by atoms with Crippen LogP contribution in [0.4, 0.5) is 10.5 Å². The second-order valence-corrected chi connectivity index (χ2v) is 11.1. The van der Waals surface area contributed by atoms with Gasteiger partial charge in [0.15, 0.2) is 9.84 Å². The molecule has 32 heavy (non-hydrogen) atoms. The molecule has 9 heteroatoms. The average Bonchev–Trinajstić information content (AvgIpc) is 3.14. The molecule has 0 radical (unpaired) electrons. The van der Waals surface area contributed by atoms with Crippen LogP contribution in [0.15, 0.2) is 53.4 Å². The van der Waals surface area contributed by atoms with Gasteiger partial charge in [-0.1, -0.05) is 23.7 Å². The molecule has 0 spiro atoms. The lowest BCUT2D eigenvalue weighted by Gasteiger charge is -2.42. The lowest BCUT2D eigenvalue weighted by atomic mass is 9.68. The Hall–Kier alpha value is -1.80. The van der Waals surface area contributed by atoms with Crippen molar-refractivity contribution in [1.82, 2.24) is 4.90 Å². The number of hydrogen-bond donors (Lipinski definition) is 1. The Balaban J connectivity index is 0.00000289. The quantitative estimate of drug-likeness (QED) is 0.668. The van der Waals surface area contributed by atoms with Crippen LogP contribution in [-0.4, -0.2) is 51.3 Å². The number of sulfone groups is 1. The second-order valence-electron chi connectivity index (χ2n) is 8.62. The van der Waals surface area contributed by atoms with Gasteiger partial charge >= 0.3 is 6.03 Å². The Morgan fingerprint density at radius 3 is 2.31 bits per heavy atom. The van der Waals surface area contributed by atoms with Crippen LogP contribution in [0.3, 0.4) is 0 Å². The van der Waals surface area contributed by atoms with Gasteiger partial charge in [0.05, 0.1) is 4.90 Å². The summed E-state index contributed by atoms with van der Waals surface area (Å²) in [5.41, 5.74) is 8.03. The number of urea groups is 1. The van der Waals surface area contributed by atoms with E-state index in [4.69, 9.17) is 17.3 Å². The van der Waals surface area contributed by atoms with E-state index in [1.165, 1.54) is 11.8 Å². The molecule has 2 N–H and O–H groups in total. The van der Waals surface area contributed by atoms with Crippen LogP contribution in [0.5, 0.6) is 0 Å². The first kappa shape index (κ1) is 24.8. The Bertz CT molecular complexity index is 1070. The molecular weight excluding hydrogens is 469 g/mol. The van der Waals surface area contributed by atoms with Crippen molar-refractivity contribution in [1.29, 1.82) is 0 Å². The third-order valence-electron chi connectivity index (χ3n) is 6.80. The highest BCUT2D eigenvalue weighted by molar-refractivity contribution is 7.90. The van der Waals surface area contributed by atoms with Crippen LogP contribution in [-0.2, 0) is 15.3 Å². The summed E-state index contributed by atoms with van der Waals surface area (Å²) >= 11 is 6.21. The van der Waals surface area contributed by atoms with Crippen molar-refractivity contribution in [2.24, 2.45) is 5.73 Å². The molecule has 0 bridgehead atoms. The topological polar surface area (TPSA) is 83.7 Å². The Kier molecular flexibility index (Phi) is 7.44. The largest absolute Gasteiger partial charge is 0.330 e. The highest BCUT2D eigenvalue weighted by Crippen LogP contribution is 2.41. The van der Waals surface area contributed by atoms with E-state index in [1.807, 2.05) is 23.1 Å². The third-order valence-corrected chi connectivity index (χ3v) is 8.16. The summed E-state index contributed by atoms with van der Waals surface area (Å²) in [7, 11) is -3.26. The first-order valence-electron chi connectivity index (χ1n) is 10.6. The Morgan fingerprint density at radius 1 is 1.09 bits per heavy atom. The van der Waals surface area contributed by atoms with E-state index in [1.54, 1.807) is 29.2 Å². The van der Waals surface area contributed by atoms with Crippen molar-refractivity contribution in [3.63, 3.8) is 0 Å². The summed E-state index contributed by atoms with van der Waals surface area (Å²) in [4.78, 5) is 17.1. The minimum absolute atomic E-state index is 0. The number of carbonyl (C=O) groups is 1. The fourth-order valence-corrected chi connectivity index (χ4v) is 5.72. The number of nitrogens with zero attached hydrogens (tertiary/aromatic N) is 2. The monoisotopic (exact) mass is 497 g/mol. The van der Waals surface area contributed by atoms with Crippen LogP contribution in [0.25, 0.3) is 0 Å². The number of amides is 2. The van der Waals surface area contributed by atoms with Crippen LogP contribution >= 0.6 is 24.0 Å². The second kappa shape index (κ2) is 9.59. The van der Waals surface area contributed by atoms with Gasteiger partial charge < -0.3 is 10.6 Å². The van der Waals surface area contributed by atoms with Crippen molar-refractivity contribution < 1.29 is 13.2 Å². The van der Waals surface area contributed by atoms with E-state index in [2.05, 4.69) is 6.07 Å². The average molecular weight is 498 g/mol. The molecule has 1 heterocycles. The van der Waals surface area contributed by atoms with Gasteiger partial charge in [-0.2, -0.15) is 0 Å². The molecule has 2 aromatic rings. The van der Waals surface area contributed by atoms with Gasteiger partial charge in [0.1, 0.15) is 0 Å². The molecule has 0 aromatic heterocycles. The van der Waals surface area contributed by atoms with Gasteiger partial charge in [-0.15, -0.1) is 12.4 Å². The van der Waals surface area contributed by atoms with Crippen LogP contribution in [0.2, 0.25) is 5.02 Å². The predicted molar refractivity (Wildman–Crippen MR) is 131 cm³/mol. The van der Waals surface area contributed by atoms with Crippen molar-refractivity contribution in [2.75, 3.05) is 30.8 Å². The molecule has 4 rings (SSSR count). The third kappa shape index (κ3) is 4.76. The summed E-state index contributed by atoms with van der Waals surface area (Å²) in [5, 5.41) is 0.722. The Morgan fingerprint density at radius 2 is 1.75 bits per heavy atom. The number of halogens is 2. The maximum Gasteiger partial charge on any atom is 0.324 e. The van der Waals surface area contributed by atoms with Gasteiger partial charge in [0.2, 0.25) is 0 Å². The normalized spacial score (nSPS) is 23.8. The smallest absolute Gasteiger partial charge is 0.324 e. The minimum Gasteiger partial charge on any atom is -0.330 e. The van der Waals surface area contributed by atoms with Crippen molar-refractivity contribution in [2.45, 2.75) is 42.0 Å². The summed E-state index contributed by atoms with van der Waals surface area (Å²) < 4.78 is 23.4. The number of rotatable bonds is 5. The molecule has 0 unspecified atom stereocenters. The summed E-state index contributed by atoms with van der Waals surface area (Å²) in [6.45, 7) is 1.83. The fourth-order valence-electron chi connectivity index (χ4n) is 4.90. The van der Waals surface area contributed by atoms with Gasteiger partial charge in [-0.3, -0.25) is 4.90 Å². The van der Waals surface area contributed by atoms with Gasteiger partial charge in [-0.25, -0.2) is 13.2 Å². The van der Waals surface area contributed by atoms with E-state index < -0.39 is 9.84 Å². The van der Waals surface area contributed by atoms with Crippen LogP contribution < -0.4 is 10.6 Å². The lowest BCUT2D eigenvalue weighted by Crippen LogP contribution is -2.46. The van der Waals surface area contributed by atoms with Crippen LogP contribution in [0, 0.1) is 0 Å². The maximum atomic E-state index is 13.1. The molecule has 2 aromatic carbocycles. The molecule has 2 aliphatic rings. The first-order chi connectivity index (χ1) is 14.7. The molecular formula is C23H29Cl2N3O3S. The highest BCUT2D eigenvalue weighted by atomic mass is 35.5. The summed E-state index contributed by atoms with van der Waals surface area (Å²) in [5.74, 6) is 0. The van der Waals surface area contributed by atoms with Crippen molar-refractivity contribution in [3.8, 4) is 0 Å². The molecule has 2 fully saturated rings. The van der Waals surface area contributed by atoms with E-state index in [-0.39, 0.29) is 34.8 Å². The molecule has 1 aliphatic heterocycles. The summed E-state index contributed by atoms with van der Waals surface area (Å²) in [6, 6.07) is 14.7. The van der Waals surface area contributed by atoms with Crippen molar-refractivity contribution >= 4 is 45.6 Å². The molecule has 2 amide bonds. The number of nitrogens with two attached hydrogens (primary N) is 1. The van der Waals surface area contributed by atoms with Crippen molar-refractivity contribution in [3.05, 3.63) is 59.1 Å². The van der Waals surface area contributed by atoms with Crippen LogP contribution in [0.1, 0.15) is 31.2 Å². The number of hydrogen-bond acceptors (Lipinski definition) is 4. The molecule has 1 saturated carbocycles. The van der Waals surface area contributed by atoms with E-state index in [9.17, 15) is 13.2 Å². The minimum atomic E-state index is -3.26. The van der Waals surface area contributed by atoms with E-state index in [0.29, 0.717) is 19.6 Å². The standard InChI is InChI=1S/C23H28ClN3O3S.ClH/c1-31(29,30)21-7-5-19(6-8-21)26-13-14-27(22(26)28)20-9-11-23(16-25,12-10-20)17-3-2-4-18(24)15-17;/h2-8,15,20H,9-14,16,25H2,1H3;1H. The van der Waals surface area contributed by atoms with Gasteiger partial charge in [0, 0.05) is 48.1 Å². The molecule has 1 saturated heterocycles. The highest BCUT2D eigenvalue weighted by Gasteiger charge is 2.41. The molecule has 174 valence electrons. The molecule has 6 nitrogen and oxygen atoms in total. The number of benzene rings is 2. The summed E-state index contributed by atoms with van der Waals surface area (Å²) in [6.07, 6.45) is 4.81. The first-order valence-corrected chi connectivity index (χ1v) is 12.8. The zero-order chi connectivity index (χ0) is 22.2. The van der Waals surface area contributed by atoms with E-state index >= 15 is 0 Å². The van der Waals surface area contributed by atoms with Gasteiger partial charge in [-0.05, 0) is 67.6 Å². The van der Waals surface area contributed by atoms with Gasteiger partial charge in [0.25, 0.3) is 0 Å².